The van der Waals surface area contributed by atoms with Crippen molar-refractivity contribution >= 4 is 27.3 Å². The number of methoxy groups -OCH3 is 1. The van der Waals surface area contributed by atoms with E-state index >= 15 is 0 Å². The summed E-state index contributed by atoms with van der Waals surface area (Å²) in [5.74, 6) is 0.582. The molecule has 0 unspecified atom stereocenters. The molecule has 0 aromatic heterocycles. The number of anilines is 1. The van der Waals surface area contributed by atoms with Gasteiger partial charge in [0.05, 0.1) is 17.2 Å². The normalized spacial score (nSPS) is 11.2. The van der Waals surface area contributed by atoms with Gasteiger partial charge in [0.25, 0.3) is 10.0 Å². The minimum atomic E-state index is -3.66. The Hall–Kier alpha value is -1.76. The number of halogens is 1. The highest BCUT2D eigenvalue weighted by atomic mass is 35.5. The Morgan fingerprint density at radius 2 is 1.82 bits per heavy atom. The van der Waals surface area contributed by atoms with Crippen LogP contribution in [0.5, 0.6) is 5.75 Å². The number of hydrogen-bond acceptors (Lipinski definition) is 4. The van der Waals surface area contributed by atoms with Crippen LogP contribution in [0.25, 0.3) is 0 Å². The summed E-state index contributed by atoms with van der Waals surface area (Å²) >= 11 is 5.84. The maximum Gasteiger partial charge on any atom is 0.261 e. The minimum Gasteiger partial charge on any atom is -0.491 e. The Labute approximate surface area is 134 Å². The third kappa shape index (κ3) is 4.62. The highest BCUT2D eigenvalue weighted by Gasteiger charge is 2.14. The molecule has 118 valence electrons. The Balaban J connectivity index is 2.09. The van der Waals surface area contributed by atoms with E-state index in [2.05, 4.69) is 4.72 Å². The molecule has 0 amide bonds. The van der Waals surface area contributed by atoms with Crippen molar-refractivity contribution in [3.05, 3.63) is 53.6 Å². The van der Waals surface area contributed by atoms with Gasteiger partial charge in [0.2, 0.25) is 0 Å². The van der Waals surface area contributed by atoms with Gasteiger partial charge in [0.1, 0.15) is 12.4 Å². The van der Waals surface area contributed by atoms with Crippen LogP contribution in [-0.4, -0.2) is 28.7 Å². The molecule has 0 bridgehead atoms. The van der Waals surface area contributed by atoms with E-state index in [9.17, 15) is 8.42 Å². The van der Waals surface area contributed by atoms with Crippen molar-refractivity contribution in [3.8, 4) is 5.75 Å². The van der Waals surface area contributed by atoms with Gasteiger partial charge in [-0.15, -0.1) is 0 Å². The van der Waals surface area contributed by atoms with Crippen molar-refractivity contribution in [2.24, 2.45) is 0 Å². The van der Waals surface area contributed by atoms with Gasteiger partial charge >= 0.3 is 0 Å². The van der Waals surface area contributed by atoms with Crippen LogP contribution in [-0.2, 0) is 14.8 Å². The van der Waals surface area contributed by atoms with Gasteiger partial charge in [-0.25, -0.2) is 8.42 Å². The zero-order valence-corrected chi connectivity index (χ0v) is 13.5. The van der Waals surface area contributed by atoms with Crippen molar-refractivity contribution in [2.45, 2.75) is 4.90 Å². The first-order chi connectivity index (χ1) is 10.5. The van der Waals surface area contributed by atoms with Gasteiger partial charge in [-0.05, 0) is 42.5 Å². The van der Waals surface area contributed by atoms with Gasteiger partial charge in [-0.2, -0.15) is 0 Å². The summed E-state index contributed by atoms with van der Waals surface area (Å²) in [7, 11) is -2.08. The second kappa shape index (κ2) is 7.49. The van der Waals surface area contributed by atoms with Crippen LogP contribution in [0.2, 0.25) is 5.02 Å². The monoisotopic (exact) mass is 341 g/mol. The first kappa shape index (κ1) is 16.6. The van der Waals surface area contributed by atoms with Crippen molar-refractivity contribution in [3.63, 3.8) is 0 Å². The van der Waals surface area contributed by atoms with Crippen LogP contribution in [0, 0.1) is 0 Å². The fourth-order valence-corrected chi connectivity index (χ4v) is 2.96. The number of nitrogens with one attached hydrogen (secondary N) is 1. The molecule has 0 aliphatic rings. The number of sulfonamides is 1. The molecule has 22 heavy (non-hydrogen) atoms. The summed E-state index contributed by atoms with van der Waals surface area (Å²) < 4.78 is 37.3. The molecule has 7 heteroatoms. The topological polar surface area (TPSA) is 64.6 Å². The van der Waals surface area contributed by atoms with Crippen molar-refractivity contribution in [1.82, 2.24) is 0 Å². The lowest BCUT2D eigenvalue weighted by Gasteiger charge is -2.09. The van der Waals surface area contributed by atoms with Crippen LogP contribution < -0.4 is 9.46 Å². The summed E-state index contributed by atoms with van der Waals surface area (Å²) in [6.07, 6.45) is 0. The molecule has 0 aliphatic carbocycles. The maximum atomic E-state index is 12.3. The summed E-state index contributed by atoms with van der Waals surface area (Å²) in [6.45, 7) is 0.875. The third-order valence-corrected chi connectivity index (χ3v) is 4.40. The largest absolute Gasteiger partial charge is 0.491 e. The van der Waals surface area contributed by atoms with Gasteiger partial charge in [-0.1, -0.05) is 17.7 Å². The smallest absolute Gasteiger partial charge is 0.261 e. The summed E-state index contributed by atoms with van der Waals surface area (Å²) in [5, 5.41) is 0.460. The molecular weight excluding hydrogens is 326 g/mol. The van der Waals surface area contributed by atoms with Gasteiger partial charge in [0, 0.05) is 12.1 Å². The second-order valence-corrected chi connectivity index (χ2v) is 6.55. The van der Waals surface area contributed by atoms with Crippen LogP contribution in [0.4, 0.5) is 5.69 Å². The zero-order valence-electron chi connectivity index (χ0n) is 12.0. The van der Waals surface area contributed by atoms with Gasteiger partial charge in [0.15, 0.2) is 0 Å². The molecule has 0 heterocycles. The molecule has 0 spiro atoms. The van der Waals surface area contributed by atoms with Gasteiger partial charge < -0.3 is 9.47 Å². The van der Waals surface area contributed by atoms with Crippen molar-refractivity contribution in [1.29, 1.82) is 0 Å². The van der Waals surface area contributed by atoms with E-state index in [1.165, 1.54) is 12.1 Å². The van der Waals surface area contributed by atoms with Crippen LogP contribution >= 0.6 is 11.6 Å². The molecule has 0 saturated carbocycles. The Morgan fingerprint density at radius 1 is 1.09 bits per heavy atom. The fourth-order valence-electron chi connectivity index (χ4n) is 1.72. The predicted molar refractivity (Wildman–Crippen MR) is 86.1 cm³/mol. The van der Waals surface area contributed by atoms with E-state index in [0.29, 0.717) is 29.7 Å². The predicted octanol–water partition coefficient (Wildman–Crippen LogP) is 3.17. The average Bonchev–Trinajstić information content (AvgIpc) is 2.47. The number of benzene rings is 2. The van der Waals surface area contributed by atoms with E-state index in [0.717, 1.165) is 0 Å². The Morgan fingerprint density at radius 3 is 2.45 bits per heavy atom. The fraction of sp³-hybridized carbons (Fsp3) is 0.200. The summed E-state index contributed by atoms with van der Waals surface area (Å²) in [4.78, 5) is 0.145. The summed E-state index contributed by atoms with van der Waals surface area (Å²) in [5.41, 5.74) is 0.410. The molecule has 2 aromatic rings. The van der Waals surface area contributed by atoms with E-state index in [1.807, 2.05) is 0 Å². The lowest BCUT2D eigenvalue weighted by atomic mass is 10.3. The van der Waals surface area contributed by atoms with Gasteiger partial charge in [-0.3, -0.25) is 4.72 Å². The maximum absolute atomic E-state index is 12.3. The Kier molecular flexibility index (Phi) is 5.65. The zero-order chi connectivity index (χ0) is 16.0. The molecule has 5 nitrogen and oxygen atoms in total. The molecule has 0 radical (unpaired) electrons. The van der Waals surface area contributed by atoms with Crippen LogP contribution in [0.1, 0.15) is 0 Å². The second-order valence-electron chi connectivity index (χ2n) is 4.43. The molecule has 0 aliphatic heterocycles. The third-order valence-electron chi connectivity index (χ3n) is 2.77. The van der Waals surface area contributed by atoms with E-state index < -0.39 is 10.0 Å². The highest BCUT2D eigenvalue weighted by molar-refractivity contribution is 7.92. The van der Waals surface area contributed by atoms with E-state index in [1.54, 1.807) is 43.5 Å². The standard InChI is InChI=1S/C15H16ClNO4S/c1-20-9-10-21-14-5-7-15(8-6-14)22(18,19)17-13-4-2-3-12(16)11-13/h2-8,11,17H,9-10H2,1H3. The van der Waals surface area contributed by atoms with Crippen molar-refractivity contribution < 1.29 is 17.9 Å². The van der Waals surface area contributed by atoms with Crippen molar-refractivity contribution in [2.75, 3.05) is 25.0 Å². The van der Waals surface area contributed by atoms with E-state index in [-0.39, 0.29) is 4.90 Å². The number of ether oxygens (including phenoxy) is 2. The Bertz CT molecular complexity index is 717. The molecular formula is C15H16ClNO4S. The first-order valence-corrected chi connectivity index (χ1v) is 8.37. The summed E-state index contributed by atoms with van der Waals surface area (Å²) in [6, 6.07) is 12.7. The lowest BCUT2D eigenvalue weighted by molar-refractivity contribution is 0.146. The number of hydrogen-bond donors (Lipinski definition) is 1. The quantitative estimate of drug-likeness (QED) is 0.786. The molecule has 1 N–H and O–H groups in total. The van der Waals surface area contributed by atoms with Crippen LogP contribution in [0.15, 0.2) is 53.4 Å². The lowest BCUT2D eigenvalue weighted by Crippen LogP contribution is -2.13. The minimum absolute atomic E-state index is 0.145. The molecule has 0 fully saturated rings. The molecule has 2 aromatic carbocycles. The highest BCUT2D eigenvalue weighted by Crippen LogP contribution is 2.21. The molecule has 2 rings (SSSR count). The van der Waals surface area contributed by atoms with E-state index in [4.69, 9.17) is 21.1 Å². The SMILES string of the molecule is COCCOc1ccc(S(=O)(=O)Nc2cccc(Cl)c2)cc1. The first-order valence-electron chi connectivity index (χ1n) is 6.51. The molecule has 0 atom stereocenters. The number of rotatable bonds is 7. The average molecular weight is 342 g/mol. The molecule has 0 saturated heterocycles. The van der Waals surface area contributed by atoms with Crippen LogP contribution in [0.3, 0.4) is 0 Å².